The second-order valence-corrected chi connectivity index (χ2v) is 10.1. The average molecular weight is 464 g/mol. The maximum Gasteiger partial charge on any atom is 0.261 e. The van der Waals surface area contributed by atoms with Gasteiger partial charge in [0.25, 0.3) is 5.91 Å². The standard InChI is InChI=1S/C22H29N3O4S2/c1-5-6-15-29-19-10-8-7-9-18(19)20(26)24-21(30)23-16-11-13-17(14-12-16)31(27,28)25-22(2,3)4/h7-14,25H,5-6,15H2,1-4H3,(H2,23,24,26,30). The molecule has 0 radical (unpaired) electrons. The first-order valence-electron chi connectivity index (χ1n) is 10.00. The lowest BCUT2D eigenvalue weighted by atomic mass is 10.1. The van der Waals surface area contributed by atoms with Crippen LogP contribution in [0.1, 0.15) is 50.9 Å². The minimum Gasteiger partial charge on any atom is -0.493 e. The maximum absolute atomic E-state index is 12.6. The summed E-state index contributed by atoms with van der Waals surface area (Å²) in [5.74, 6) is 0.107. The number of amides is 1. The number of benzene rings is 2. The summed E-state index contributed by atoms with van der Waals surface area (Å²) >= 11 is 5.23. The Balaban J connectivity index is 2.01. The van der Waals surface area contributed by atoms with Crippen molar-refractivity contribution in [1.82, 2.24) is 10.0 Å². The Morgan fingerprint density at radius 1 is 1.06 bits per heavy atom. The third-order valence-electron chi connectivity index (χ3n) is 3.98. The van der Waals surface area contributed by atoms with Crippen molar-refractivity contribution in [2.24, 2.45) is 0 Å². The Morgan fingerprint density at radius 2 is 1.71 bits per heavy atom. The van der Waals surface area contributed by atoms with Crippen LogP contribution in [-0.4, -0.2) is 31.6 Å². The fourth-order valence-corrected chi connectivity index (χ4v) is 4.25. The van der Waals surface area contributed by atoms with Crippen LogP contribution in [0.5, 0.6) is 5.75 Å². The summed E-state index contributed by atoms with van der Waals surface area (Å²) in [5.41, 5.74) is 0.350. The SMILES string of the molecule is CCCCOc1ccccc1C(=O)NC(=S)Nc1ccc(S(=O)(=O)NC(C)(C)C)cc1. The summed E-state index contributed by atoms with van der Waals surface area (Å²) in [4.78, 5) is 12.8. The number of hydrogen-bond donors (Lipinski definition) is 3. The highest BCUT2D eigenvalue weighted by atomic mass is 32.2. The number of para-hydroxylation sites is 1. The lowest BCUT2D eigenvalue weighted by molar-refractivity contribution is 0.0973. The monoisotopic (exact) mass is 463 g/mol. The first-order chi connectivity index (χ1) is 14.5. The van der Waals surface area contributed by atoms with Crippen molar-refractivity contribution in [3.05, 3.63) is 54.1 Å². The van der Waals surface area contributed by atoms with Gasteiger partial charge in [0.1, 0.15) is 5.75 Å². The summed E-state index contributed by atoms with van der Waals surface area (Å²) < 4.78 is 33.1. The Morgan fingerprint density at radius 3 is 2.32 bits per heavy atom. The van der Waals surface area contributed by atoms with Gasteiger partial charge in [-0.15, -0.1) is 0 Å². The molecule has 31 heavy (non-hydrogen) atoms. The van der Waals surface area contributed by atoms with Crippen LogP contribution in [0.2, 0.25) is 0 Å². The molecule has 7 nitrogen and oxygen atoms in total. The van der Waals surface area contributed by atoms with Crippen molar-refractivity contribution in [1.29, 1.82) is 0 Å². The molecule has 0 atom stereocenters. The highest BCUT2D eigenvalue weighted by Crippen LogP contribution is 2.19. The van der Waals surface area contributed by atoms with Crippen molar-refractivity contribution in [3.8, 4) is 5.75 Å². The third-order valence-corrected chi connectivity index (χ3v) is 5.96. The highest BCUT2D eigenvalue weighted by Gasteiger charge is 2.22. The zero-order chi connectivity index (χ0) is 23.1. The van der Waals surface area contributed by atoms with Crippen LogP contribution in [0.3, 0.4) is 0 Å². The number of sulfonamides is 1. The van der Waals surface area contributed by atoms with E-state index in [-0.39, 0.29) is 10.0 Å². The second-order valence-electron chi connectivity index (χ2n) is 7.99. The summed E-state index contributed by atoms with van der Waals surface area (Å²) in [6, 6.07) is 13.1. The van der Waals surface area contributed by atoms with E-state index in [2.05, 4.69) is 22.3 Å². The molecule has 2 rings (SSSR count). The van der Waals surface area contributed by atoms with Crippen LogP contribution in [0, 0.1) is 0 Å². The van der Waals surface area contributed by atoms with Gasteiger partial charge in [0.05, 0.1) is 17.1 Å². The molecular weight excluding hydrogens is 434 g/mol. The van der Waals surface area contributed by atoms with E-state index < -0.39 is 21.5 Å². The van der Waals surface area contributed by atoms with Gasteiger partial charge >= 0.3 is 0 Å². The number of anilines is 1. The topological polar surface area (TPSA) is 96.5 Å². The molecule has 0 heterocycles. The van der Waals surface area contributed by atoms with E-state index in [9.17, 15) is 13.2 Å². The van der Waals surface area contributed by atoms with Crippen LogP contribution in [0.4, 0.5) is 5.69 Å². The molecule has 2 aromatic rings. The van der Waals surface area contributed by atoms with Gasteiger partial charge in [0.2, 0.25) is 10.0 Å². The largest absolute Gasteiger partial charge is 0.493 e. The number of nitrogens with one attached hydrogen (secondary N) is 3. The summed E-state index contributed by atoms with van der Waals surface area (Å²) in [7, 11) is -3.63. The molecule has 0 aliphatic heterocycles. The van der Waals surface area contributed by atoms with Gasteiger partial charge in [-0.3, -0.25) is 10.1 Å². The number of thiocarbonyl (C=S) groups is 1. The predicted octanol–water partition coefficient (Wildman–Crippen LogP) is 4.07. The van der Waals surface area contributed by atoms with Crippen molar-refractivity contribution in [2.45, 2.75) is 51.0 Å². The first-order valence-corrected chi connectivity index (χ1v) is 11.9. The summed E-state index contributed by atoms with van der Waals surface area (Å²) in [6.07, 6.45) is 1.89. The molecule has 0 spiro atoms. The highest BCUT2D eigenvalue weighted by molar-refractivity contribution is 7.89. The molecule has 0 bridgehead atoms. The van der Waals surface area contributed by atoms with E-state index >= 15 is 0 Å². The van der Waals surface area contributed by atoms with Gasteiger partial charge in [0, 0.05) is 11.2 Å². The molecule has 9 heteroatoms. The van der Waals surface area contributed by atoms with E-state index in [4.69, 9.17) is 17.0 Å². The lowest BCUT2D eigenvalue weighted by Crippen LogP contribution is -2.40. The quantitative estimate of drug-likeness (QED) is 0.403. The molecule has 0 aromatic heterocycles. The second kappa shape index (κ2) is 10.7. The minimum atomic E-state index is -3.63. The predicted molar refractivity (Wildman–Crippen MR) is 127 cm³/mol. The summed E-state index contributed by atoms with van der Waals surface area (Å²) in [5, 5.41) is 5.60. The van der Waals surface area contributed by atoms with Gasteiger partial charge in [-0.25, -0.2) is 13.1 Å². The van der Waals surface area contributed by atoms with E-state index in [0.29, 0.717) is 23.6 Å². The van der Waals surface area contributed by atoms with Gasteiger partial charge in [-0.1, -0.05) is 25.5 Å². The van der Waals surface area contributed by atoms with Crippen molar-refractivity contribution >= 4 is 38.9 Å². The van der Waals surface area contributed by atoms with E-state index in [1.54, 1.807) is 57.2 Å². The number of carbonyl (C=O) groups is 1. The zero-order valence-corrected chi connectivity index (χ0v) is 19.8. The van der Waals surface area contributed by atoms with Crippen LogP contribution in [0.15, 0.2) is 53.4 Å². The number of hydrogen-bond acceptors (Lipinski definition) is 5. The first kappa shape index (κ1) is 24.8. The summed E-state index contributed by atoms with van der Waals surface area (Å²) in [6.45, 7) is 7.91. The van der Waals surface area contributed by atoms with E-state index in [1.165, 1.54) is 12.1 Å². The molecular formula is C22H29N3O4S2. The van der Waals surface area contributed by atoms with Crippen LogP contribution in [0.25, 0.3) is 0 Å². The number of carbonyl (C=O) groups excluding carboxylic acids is 1. The van der Waals surface area contributed by atoms with Crippen LogP contribution in [-0.2, 0) is 10.0 Å². The molecule has 1 amide bonds. The van der Waals surface area contributed by atoms with Crippen molar-refractivity contribution in [3.63, 3.8) is 0 Å². The van der Waals surface area contributed by atoms with Gasteiger partial charge in [0.15, 0.2) is 5.11 Å². The van der Waals surface area contributed by atoms with Crippen LogP contribution >= 0.6 is 12.2 Å². The average Bonchev–Trinajstić information content (AvgIpc) is 2.67. The fourth-order valence-electron chi connectivity index (χ4n) is 2.62. The number of ether oxygens (including phenoxy) is 1. The molecule has 0 aliphatic carbocycles. The Kier molecular flexibility index (Phi) is 8.55. The van der Waals surface area contributed by atoms with E-state index in [1.807, 2.05) is 0 Å². The number of rotatable bonds is 8. The smallest absolute Gasteiger partial charge is 0.261 e. The van der Waals surface area contributed by atoms with Gasteiger partial charge in [-0.05, 0) is 75.8 Å². The van der Waals surface area contributed by atoms with Crippen molar-refractivity contribution < 1.29 is 17.9 Å². The van der Waals surface area contributed by atoms with Gasteiger partial charge < -0.3 is 10.1 Å². The molecule has 0 saturated carbocycles. The Hall–Kier alpha value is -2.49. The fraction of sp³-hybridized carbons (Fsp3) is 0.364. The van der Waals surface area contributed by atoms with Crippen molar-refractivity contribution in [2.75, 3.05) is 11.9 Å². The maximum atomic E-state index is 12.6. The van der Waals surface area contributed by atoms with E-state index in [0.717, 1.165) is 12.8 Å². The lowest BCUT2D eigenvalue weighted by Gasteiger charge is -2.20. The molecule has 2 aromatic carbocycles. The minimum absolute atomic E-state index is 0.0942. The Labute approximate surface area is 189 Å². The molecule has 0 aliphatic rings. The van der Waals surface area contributed by atoms with Gasteiger partial charge in [-0.2, -0.15) is 0 Å². The molecule has 0 unspecified atom stereocenters. The third kappa shape index (κ3) is 7.93. The normalized spacial score (nSPS) is 11.6. The van der Waals surface area contributed by atoms with Crippen LogP contribution < -0.4 is 20.1 Å². The molecule has 0 fully saturated rings. The number of unbranched alkanes of at least 4 members (excludes halogenated alkanes) is 1. The Bertz CT molecular complexity index is 1010. The molecule has 3 N–H and O–H groups in total. The molecule has 0 saturated heterocycles. The zero-order valence-electron chi connectivity index (χ0n) is 18.2. The molecule has 168 valence electrons.